The molecule has 7 heteroatoms. The first kappa shape index (κ1) is 17.2. The molecule has 2 aromatic carbocycles. The number of aromatic nitrogens is 2. The van der Waals surface area contributed by atoms with Crippen molar-refractivity contribution in [1.82, 2.24) is 9.97 Å². The summed E-state index contributed by atoms with van der Waals surface area (Å²) in [6.07, 6.45) is 1.53. The van der Waals surface area contributed by atoms with E-state index in [0.29, 0.717) is 21.7 Å². The minimum Gasteiger partial charge on any atom is -0.324 e. The van der Waals surface area contributed by atoms with Crippen molar-refractivity contribution < 1.29 is 4.79 Å². The molecule has 1 aromatic heterocycles. The number of amides is 1. The van der Waals surface area contributed by atoms with Gasteiger partial charge in [0.1, 0.15) is 5.69 Å². The normalized spacial score (nSPS) is 10.4. The van der Waals surface area contributed by atoms with Gasteiger partial charge < -0.3 is 10.6 Å². The summed E-state index contributed by atoms with van der Waals surface area (Å²) in [6, 6.07) is 14.2. The summed E-state index contributed by atoms with van der Waals surface area (Å²) in [7, 11) is 0. The summed E-state index contributed by atoms with van der Waals surface area (Å²) >= 11 is 11.8. The molecular weight excluding hydrogens is 359 g/mol. The molecule has 0 aliphatic rings. The smallest absolute Gasteiger partial charge is 0.274 e. The van der Waals surface area contributed by atoms with Gasteiger partial charge >= 0.3 is 0 Å². The zero-order chi connectivity index (χ0) is 17.8. The quantitative estimate of drug-likeness (QED) is 0.669. The maximum Gasteiger partial charge on any atom is 0.274 e. The van der Waals surface area contributed by atoms with Crippen LogP contribution < -0.4 is 10.6 Å². The van der Waals surface area contributed by atoms with Gasteiger partial charge in [-0.25, -0.2) is 9.97 Å². The summed E-state index contributed by atoms with van der Waals surface area (Å²) < 4.78 is 0. The summed E-state index contributed by atoms with van der Waals surface area (Å²) in [5.74, 6) is -0.0234. The molecule has 3 rings (SSSR count). The minimum absolute atomic E-state index is 0.233. The van der Waals surface area contributed by atoms with Gasteiger partial charge in [0.2, 0.25) is 5.95 Å². The van der Waals surface area contributed by atoms with Crippen LogP contribution in [0.4, 0.5) is 17.3 Å². The average molecular weight is 373 g/mol. The van der Waals surface area contributed by atoms with E-state index in [-0.39, 0.29) is 11.6 Å². The lowest BCUT2D eigenvalue weighted by Gasteiger charge is -2.09. The van der Waals surface area contributed by atoms with Crippen molar-refractivity contribution in [3.63, 3.8) is 0 Å². The number of anilines is 3. The third-order valence-electron chi connectivity index (χ3n) is 3.46. The lowest BCUT2D eigenvalue weighted by Crippen LogP contribution is -2.14. The molecule has 126 valence electrons. The fourth-order valence-electron chi connectivity index (χ4n) is 2.15. The van der Waals surface area contributed by atoms with E-state index in [1.807, 2.05) is 31.2 Å². The van der Waals surface area contributed by atoms with Gasteiger partial charge in [-0.05, 0) is 42.8 Å². The van der Waals surface area contributed by atoms with Gasteiger partial charge in [-0.1, -0.05) is 41.4 Å². The molecule has 0 saturated carbocycles. The van der Waals surface area contributed by atoms with Crippen LogP contribution in [0.1, 0.15) is 16.1 Å². The van der Waals surface area contributed by atoms with E-state index >= 15 is 0 Å². The predicted molar refractivity (Wildman–Crippen MR) is 101 cm³/mol. The lowest BCUT2D eigenvalue weighted by atomic mass is 10.2. The van der Waals surface area contributed by atoms with E-state index in [0.717, 1.165) is 11.3 Å². The molecule has 0 spiro atoms. The summed E-state index contributed by atoms with van der Waals surface area (Å²) in [5.41, 5.74) is 2.70. The first-order valence-electron chi connectivity index (χ1n) is 7.45. The van der Waals surface area contributed by atoms with Gasteiger partial charge in [-0.2, -0.15) is 0 Å². The standard InChI is InChI=1S/C18H14Cl2N4O/c1-11-4-2-3-5-15(11)23-18-21-9-8-16(24-18)17(25)22-12-6-7-13(19)14(20)10-12/h2-10H,1H3,(H,22,25)(H,21,23,24). The molecule has 3 aromatic rings. The Hall–Kier alpha value is -2.63. The largest absolute Gasteiger partial charge is 0.324 e. The van der Waals surface area contributed by atoms with E-state index in [4.69, 9.17) is 23.2 Å². The molecule has 0 radical (unpaired) electrons. The molecule has 1 heterocycles. The number of benzene rings is 2. The van der Waals surface area contributed by atoms with Crippen molar-refractivity contribution in [2.75, 3.05) is 10.6 Å². The van der Waals surface area contributed by atoms with Crippen LogP contribution in [0.15, 0.2) is 54.7 Å². The van der Waals surface area contributed by atoms with Crippen LogP contribution in [0.5, 0.6) is 0 Å². The number of carbonyl (C=O) groups excluding carboxylic acids is 1. The van der Waals surface area contributed by atoms with Crippen LogP contribution in [-0.4, -0.2) is 15.9 Å². The average Bonchev–Trinajstić information content (AvgIpc) is 2.60. The molecule has 0 unspecified atom stereocenters. The van der Waals surface area contributed by atoms with E-state index in [1.165, 1.54) is 12.3 Å². The molecular formula is C18H14Cl2N4O. The second kappa shape index (κ2) is 7.51. The van der Waals surface area contributed by atoms with Crippen LogP contribution >= 0.6 is 23.2 Å². The van der Waals surface area contributed by atoms with Crippen LogP contribution in [0.2, 0.25) is 10.0 Å². The summed E-state index contributed by atoms with van der Waals surface area (Å²) in [6.45, 7) is 1.98. The molecule has 0 atom stereocenters. The SMILES string of the molecule is Cc1ccccc1Nc1nccc(C(=O)Nc2ccc(Cl)c(Cl)c2)n1. The van der Waals surface area contributed by atoms with Gasteiger partial charge in [-0.15, -0.1) is 0 Å². The third-order valence-corrected chi connectivity index (χ3v) is 4.20. The Bertz CT molecular complexity index is 930. The number of para-hydroxylation sites is 1. The molecule has 25 heavy (non-hydrogen) atoms. The third kappa shape index (κ3) is 4.26. The fraction of sp³-hybridized carbons (Fsp3) is 0.0556. The Morgan fingerprint density at radius 2 is 1.84 bits per heavy atom. The van der Waals surface area contributed by atoms with E-state index in [1.54, 1.807) is 18.2 Å². The number of hydrogen-bond donors (Lipinski definition) is 2. The van der Waals surface area contributed by atoms with Crippen molar-refractivity contribution in [3.8, 4) is 0 Å². The molecule has 5 nitrogen and oxygen atoms in total. The van der Waals surface area contributed by atoms with E-state index in [9.17, 15) is 4.79 Å². The Kier molecular flexibility index (Phi) is 5.16. The number of hydrogen-bond acceptors (Lipinski definition) is 4. The molecule has 0 bridgehead atoms. The molecule has 0 aliphatic carbocycles. The summed E-state index contributed by atoms with van der Waals surface area (Å²) in [5, 5.41) is 6.62. The van der Waals surface area contributed by atoms with Crippen molar-refractivity contribution in [2.24, 2.45) is 0 Å². The zero-order valence-electron chi connectivity index (χ0n) is 13.3. The number of aryl methyl sites for hydroxylation is 1. The molecule has 0 aliphatic heterocycles. The first-order valence-corrected chi connectivity index (χ1v) is 8.20. The van der Waals surface area contributed by atoms with Gasteiger partial charge in [-0.3, -0.25) is 4.79 Å². The highest BCUT2D eigenvalue weighted by atomic mass is 35.5. The van der Waals surface area contributed by atoms with Crippen molar-refractivity contribution in [3.05, 3.63) is 76.0 Å². The van der Waals surface area contributed by atoms with Gasteiger partial charge in [0.25, 0.3) is 5.91 Å². The Morgan fingerprint density at radius 3 is 2.60 bits per heavy atom. The number of carbonyl (C=O) groups is 1. The van der Waals surface area contributed by atoms with Gasteiger partial charge in [0.05, 0.1) is 10.0 Å². The number of nitrogens with one attached hydrogen (secondary N) is 2. The zero-order valence-corrected chi connectivity index (χ0v) is 14.8. The predicted octanol–water partition coefficient (Wildman–Crippen LogP) is 5.09. The maximum atomic E-state index is 12.4. The highest BCUT2D eigenvalue weighted by Gasteiger charge is 2.11. The second-order valence-electron chi connectivity index (χ2n) is 5.29. The van der Waals surface area contributed by atoms with Crippen LogP contribution in [0.3, 0.4) is 0 Å². The fourth-order valence-corrected chi connectivity index (χ4v) is 2.45. The minimum atomic E-state index is -0.367. The van der Waals surface area contributed by atoms with Crippen LogP contribution in [-0.2, 0) is 0 Å². The molecule has 1 amide bonds. The first-order chi connectivity index (χ1) is 12.0. The van der Waals surface area contributed by atoms with Crippen LogP contribution in [0.25, 0.3) is 0 Å². The van der Waals surface area contributed by atoms with Crippen molar-refractivity contribution in [1.29, 1.82) is 0 Å². The molecule has 0 fully saturated rings. The van der Waals surface area contributed by atoms with Gasteiger partial charge in [0, 0.05) is 17.6 Å². The van der Waals surface area contributed by atoms with Crippen molar-refractivity contribution in [2.45, 2.75) is 6.92 Å². The molecule has 0 saturated heterocycles. The van der Waals surface area contributed by atoms with Crippen LogP contribution in [0, 0.1) is 6.92 Å². The Labute approximate surface area is 155 Å². The van der Waals surface area contributed by atoms with Crippen molar-refractivity contribution >= 4 is 46.4 Å². The monoisotopic (exact) mass is 372 g/mol. The highest BCUT2D eigenvalue weighted by Crippen LogP contribution is 2.25. The molecule has 2 N–H and O–H groups in total. The lowest BCUT2D eigenvalue weighted by molar-refractivity contribution is 0.102. The second-order valence-corrected chi connectivity index (χ2v) is 6.10. The van der Waals surface area contributed by atoms with E-state index in [2.05, 4.69) is 20.6 Å². The number of rotatable bonds is 4. The maximum absolute atomic E-state index is 12.4. The topological polar surface area (TPSA) is 66.9 Å². The van der Waals surface area contributed by atoms with E-state index < -0.39 is 0 Å². The number of halogens is 2. The van der Waals surface area contributed by atoms with Gasteiger partial charge in [0.15, 0.2) is 0 Å². The Morgan fingerprint density at radius 1 is 1.04 bits per heavy atom. The Balaban J connectivity index is 1.77. The summed E-state index contributed by atoms with van der Waals surface area (Å²) in [4.78, 5) is 20.8. The number of nitrogens with zero attached hydrogens (tertiary/aromatic N) is 2. The highest BCUT2D eigenvalue weighted by molar-refractivity contribution is 6.42.